The first kappa shape index (κ1) is 30.6. The fraction of sp³-hybridized carbons (Fsp3) is 0.306. The molecule has 0 aromatic heterocycles. The molecule has 0 saturated carbocycles. The number of aryl methyl sites for hydroxylation is 2. The summed E-state index contributed by atoms with van der Waals surface area (Å²) in [6, 6.07) is 18.8. The molecular weight excluding hydrogens is 496 g/mol. The number of hydrogen-bond donors (Lipinski definition) is 1. The molecule has 0 atom stereocenters. The van der Waals surface area contributed by atoms with Crippen molar-refractivity contribution in [3.05, 3.63) is 108 Å². The summed E-state index contributed by atoms with van der Waals surface area (Å²) in [5, 5.41) is 9.68. The molecule has 3 aromatic rings. The molecule has 0 radical (unpaired) electrons. The van der Waals surface area contributed by atoms with Gasteiger partial charge < -0.3 is 14.6 Å². The number of unbranched alkanes of at least 4 members (excludes halogenated alkanes) is 2. The van der Waals surface area contributed by atoms with Gasteiger partial charge in [0.25, 0.3) is 0 Å². The molecule has 4 heteroatoms. The van der Waals surface area contributed by atoms with E-state index in [9.17, 15) is 9.90 Å². The Morgan fingerprint density at radius 2 is 1.45 bits per heavy atom. The number of carbonyl (C=O) groups is 1. The normalized spacial score (nSPS) is 10.7. The van der Waals surface area contributed by atoms with Crippen molar-refractivity contribution in [1.82, 2.24) is 0 Å². The van der Waals surface area contributed by atoms with Crippen LogP contribution in [0, 0.1) is 0 Å². The maximum absolute atomic E-state index is 12.4. The Morgan fingerprint density at radius 3 is 2.05 bits per heavy atom. The van der Waals surface area contributed by atoms with Crippen molar-refractivity contribution in [1.29, 1.82) is 0 Å². The maximum atomic E-state index is 12.4. The first-order valence-corrected chi connectivity index (χ1v) is 14.1. The van der Waals surface area contributed by atoms with Gasteiger partial charge in [-0.1, -0.05) is 88.9 Å². The van der Waals surface area contributed by atoms with Crippen LogP contribution in [0.5, 0.6) is 11.5 Å². The van der Waals surface area contributed by atoms with E-state index in [1.807, 2.05) is 6.92 Å². The van der Waals surface area contributed by atoms with E-state index in [4.69, 9.17) is 9.47 Å². The van der Waals surface area contributed by atoms with E-state index in [1.54, 1.807) is 19.1 Å². The van der Waals surface area contributed by atoms with Gasteiger partial charge >= 0.3 is 5.97 Å². The summed E-state index contributed by atoms with van der Waals surface area (Å²) >= 11 is 0. The summed E-state index contributed by atoms with van der Waals surface area (Å²) in [7, 11) is 0. The van der Waals surface area contributed by atoms with E-state index < -0.39 is 5.97 Å². The van der Waals surface area contributed by atoms with E-state index >= 15 is 0 Å². The van der Waals surface area contributed by atoms with Crippen LogP contribution in [0.3, 0.4) is 0 Å². The minimum absolute atomic E-state index is 0.107. The van der Waals surface area contributed by atoms with Gasteiger partial charge in [-0.25, -0.2) is 4.79 Å². The van der Waals surface area contributed by atoms with Gasteiger partial charge in [0.15, 0.2) is 0 Å². The van der Waals surface area contributed by atoms with Gasteiger partial charge in [-0.05, 0) is 85.1 Å². The molecule has 0 amide bonds. The quantitative estimate of drug-likeness (QED) is 0.0556. The molecule has 0 aliphatic heterocycles. The number of aliphatic hydroxyl groups excluding tert-OH is 1. The van der Waals surface area contributed by atoms with Crippen molar-refractivity contribution in [3.8, 4) is 33.8 Å². The lowest BCUT2D eigenvalue weighted by molar-refractivity contribution is -0.130. The molecule has 0 bridgehead atoms. The first-order valence-electron chi connectivity index (χ1n) is 14.1. The minimum Gasteiger partial charge on any atom is -0.457 e. The predicted octanol–water partition coefficient (Wildman–Crippen LogP) is 8.80. The lowest BCUT2D eigenvalue weighted by atomic mass is 9.92. The zero-order chi connectivity index (χ0) is 29.2. The number of hydrogen-bond acceptors (Lipinski definition) is 4. The van der Waals surface area contributed by atoms with Crippen LogP contribution in [0.2, 0.25) is 0 Å². The number of ether oxygens (including phenoxy) is 2. The van der Waals surface area contributed by atoms with Crippen LogP contribution >= 0.6 is 0 Å². The van der Waals surface area contributed by atoms with E-state index in [2.05, 4.69) is 76.0 Å². The highest BCUT2D eigenvalue weighted by Crippen LogP contribution is 2.40. The monoisotopic (exact) mass is 538 g/mol. The highest BCUT2D eigenvalue weighted by Gasteiger charge is 2.19. The van der Waals surface area contributed by atoms with Crippen LogP contribution in [0.15, 0.2) is 91.2 Å². The van der Waals surface area contributed by atoms with E-state index in [0.29, 0.717) is 40.4 Å². The zero-order valence-electron chi connectivity index (χ0n) is 24.4. The molecule has 0 spiro atoms. The van der Waals surface area contributed by atoms with Crippen LogP contribution < -0.4 is 9.47 Å². The fourth-order valence-corrected chi connectivity index (χ4v) is 4.50. The molecule has 0 unspecified atom stereocenters. The molecular formula is C36H42O4. The van der Waals surface area contributed by atoms with Gasteiger partial charge in [-0.15, -0.1) is 0 Å². The van der Waals surface area contributed by atoms with Crippen LogP contribution in [0.4, 0.5) is 0 Å². The summed E-state index contributed by atoms with van der Waals surface area (Å²) in [6.07, 6.45) is 5.94. The number of aliphatic hydroxyl groups is 1. The smallest absolute Gasteiger partial charge is 0.338 e. The van der Waals surface area contributed by atoms with Gasteiger partial charge in [-0.3, -0.25) is 0 Å². The summed E-state index contributed by atoms with van der Waals surface area (Å²) in [5.74, 6) is 0.839. The highest BCUT2D eigenvalue weighted by molar-refractivity contribution is 5.89. The van der Waals surface area contributed by atoms with Gasteiger partial charge in [0, 0.05) is 23.3 Å². The highest BCUT2D eigenvalue weighted by atomic mass is 16.5. The first-order chi connectivity index (χ1) is 19.2. The van der Waals surface area contributed by atoms with Crippen LogP contribution in [-0.4, -0.2) is 17.7 Å². The molecule has 3 aromatic carbocycles. The molecule has 0 saturated heterocycles. The van der Waals surface area contributed by atoms with Crippen molar-refractivity contribution in [2.24, 2.45) is 0 Å². The number of benzene rings is 3. The van der Waals surface area contributed by atoms with Gasteiger partial charge in [0.2, 0.25) is 0 Å². The second-order valence-corrected chi connectivity index (χ2v) is 10.3. The fourth-order valence-electron chi connectivity index (χ4n) is 4.50. The number of carbonyl (C=O) groups excluding carboxylic acids is 1. The van der Waals surface area contributed by atoms with Crippen molar-refractivity contribution in [2.75, 3.05) is 6.61 Å². The second-order valence-electron chi connectivity index (χ2n) is 10.3. The topological polar surface area (TPSA) is 55.8 Å². The summed E-state index contributed by atoms with van der Waals surface area (Å²) in [6.45, 7) is 19.3. The van der Waals surface area contributed by atoms with Gasteiger partial charge in [-0.2, -0.15) is 0 Å². The SMILES string of the molecule is C=C(C)C(=C)Oc1cc(CCO)c(OC(=O)C(=C)C)cc1-c1ccc(-c2ccc(CCCCC)cc2)c(CC)c1. The molecule has 3 rings (SSSR count). The van der Waals surface area contributed by atoms with E-state index in [1.165, 1.54) is 41.5 Å². The third-order valence-electron chi connectivity index (χ3n) is 6.94. The maximum Gasteiger partial charge on any atom is 0.338 e. The largest absolute Gasteiger partial charge is 0.457 e. The van der Waals surface area contributed by atoms with Crippen molar-refractivity contribution >= 4 is 5.97 Å². The third-order valence-corrected chi connectivity index (χ3v) is 6.94. The van der Waals surface area contributed by atoms with E-state index in [-0.39, 0.29) is 6.61 Å². The van der Waals surface area contributed by atoms with Crippen molar-refractivity contribution in [3.63, 3.8) is 0 Å². The molecule has 0 fully saturated rings. The molecule has 4 nitrogen and oxygen atoms in total. The number of esters is 1. The van der Waals surface area contributed by atoms with Crippen molar-refractivity contribution < 1.29 is 19.4 Å². The average molecular weight is 539 g/mol. The summed E-state index contributed by atoms with van der Waals surface area (Å²) in [4.78, 5) is 12.4. The van der Waals surface area contributed by atoms with Crippen molar-refractivity contribution in [2.45, 2.75) is 66.2 Å². The Morgan fingerprint density at radius 1 is 0.750 bits per heavy atom. The Bertz CT molecular complexity index is 1380. The Kier molecular flexibility index (Phi) is 11.1. The summed E-state index contributed by atoms with van der Waals surface area (Å²) < 4.78 is 11.8. The van der Waals surface area contributed by atoms with Crippen LogP contribution in [0.1, 0.15) is 63.6 Å². The zero-order valence-corrected chi connectivity index (χ0v) is 24.4. The summed E-state index contributed by atoms with van der Waals surface area (Å²) in [5.41, 5.74) is 8.25. The minimum atomic E-state index is -0.520. The third kappa shape index (κ3) is 7.83. The molecule has 0 aliphatic rings. The predicted molar refractivity (Wildman–Crippen MR) is 166 cm³/mol. The molecule has 1 N–H and O–H groups in total. The standard InChI is InChI=1S/C36H42O4/c1-8-10-11-12-27-13-15-29(16-14-27)32-18-17-30(21-28(32)9-2)33-23-34(40-36(38)25(5)6)31(19-20-37)22-35(33)39-26(7)24(3)4/h13-18,21-23,37H,3,5,7-12,19-20H2,1-2,4,6H3. The molecule has 210 valence electrons. The Balaban J connectivity index is 2.09. The molecule has 0 heterocycles. The second kappa shape index (κ2) is 14.5. The lowest BCUT2D eigenvalue weighted by Gasteiger charge is -2.19. The Labute approximate surface area is 239 Å². The Hall–Kier alpha value is -3.89. The average Bonchev–Trinajstić information content (AvgIpc) is 2.94. The molecule has 0 aliphatic carbocycles. The molecule has 40 heavy (non-hydrogen) atoms. The van der Waals surface area contributed by atoms with Crippen LogP contribution in [0.25, 0.3) is 22.3 Å². The lowest BCUT2D eigenvalue weighted by Crippen LogP contribution is -2.11. The van der Waals surface area contributed by atoms with Crippen LogP contribution in [-0.2, 0) is 24.1 Å². The van der Waals surface area contributed by atoms with Gasteiger partial charge in [0.05, 0.1) is 0 Å². The van der Waals surface area contributed by atoms with E-state index in [0.717, 1.165) is 24.0 Å². The number of allylic oxidation sites excluding steroid dienone is 1. The van der Waals surface area contributed by atoms with Gasteiger partial charge in [0.1, 0.15) is 17.3 Å². The number of rotatable bonds is 14.